The molecule has 0 spiro atoms. The summed E-state index contributed by atoms with van der Waals surface area (Å²) in [4.78, 5) is 23.3. The van der Waals surface area contributed by atoms with Crippen molar-refractivity contribution in [2.24, 2.45) is 5.10 Å². The van der Waals surface area contributed by atoms with Gasteiger partial charge < -0.3 is 10.2 Å². The third-order valence-corrected chi connectivity index (χ3v) is 4.35. The van der Waals surface area contributed by atoms with Crippen LogP contribution in [0.3, 0.4) is 0 Å². The van der Waals surface area contributed by atoms with Crippen LogP contribution in [0.4, 0.5) is 0 Å². The molecule has 1 aliphatic rings. The summed E-state index contributed by atoms with van der Waals surface area (Å²) in [6.07, 6.45) is 0.790. The van der Waals surface area contributed by atoms with Gasteiger partial charge in [0, 0.05) is 24.8 Å². The molecule has 6 heteroatoms. The van der Waals surface area contributed by atoms with Gasteiger partial charge in [0.1, 0.15) is 5.75 Å². The van der Waals surface area contributed by atoms with Crippen LogP contribution in [-0.2, 0) is 9.59 Å². The van der Waals surface area contributed by atoms with Crippen molar-refractivity contribution in [3.63, 3.8) is 0 Å². The van der Waals surface area contributed by atoms with Crippen molar-refractivity contribution < 1.29 is 19.8 Å². The van der Waals surface area contributed by atoms with Gasteiger partial charge in [0.25, 0.3) is 0 Å². The third kappa shape index (κ3) is 3.91. The van der Waals surface area contributed by atoms with E-state index in [9.17, 15) is 14.7 Å². The minimum absolute atomic E-state index is 0.0594. The molecule has 0 saturated carbocycles. The van der Waals surface area contributed by atoms with Gasteiger partial charge in [0.15, 0.2) is 0 Å². The Hall–Kier alpha value is -3.15. The lowest BCUT2D eigenvalue weighted by Crippen LogP contribution is -2.27. The molecule has 0 bridgehead atoms. The number of para-hydroxylation sites is 1. The minimum Gasteiger partial charge on any atom is -0.508 e. The lowest BCUT2D eigenvalue weighted by molar-refractivity contribution is -0.137. The summed E-state index contributed by atoms with van der Waals surface area (Å²) in [5.74, 6) is -1.05. The van der Waals surface area contributed by atoms with E-state index in [1.807, 2.05) is 36.4 Å². The molecule has 0 saturated heterocycles. The monoisotopic (exact) mass is 352 g/mol. The number of hydrazone groups is 1. The largest absolute Gasteiger partial charge is 0.508 e. The molecule has 2 aromatic rings. The number of hydrogen-bond acceptors (Lipinski definition) is 4. The number of aromatic hydroxyl groups is 1. The van der Waals surface area contributed by atoms with E-state index in [1.54, 1.807) is 18.2 Å². The van der Waals surface area contributed by atoms with Crippen LogP contribution in [0.15, 0.2) is 59.7 Å². The Kier molecular flexibility index (Phi) is 5.31. The fraction of sp³-hybridized carbons (Fsp3) is 0.250. The normalized spacial score (nSPS) is 16.4. The Morgan fingerprint density at radius 3 is 2.42 bits per heavy atom. The number of amides is 1. The summed E-state index contributed by atoms with van der Waals surface area (Å²) in [6, 6.07) is 16.1. The maximum absolute atomic E-state index is 12.6. The Morgan fingerprint density at radius 2 is 1.73 bits per heavy atom. The fourth-order valence-electron chi connectivity index (χ4n) is 3.06. The van der Waals surface area contributed by atoms with Crippen LogP contribution in [0, 0.1) is 0 Å². The average Bonchev–Trinajstić information content (AvgIpc) is 3.08. The van der Waals surface area contributed by atoms with Gasteiger partial charge >= 0.3 is 5.97 Å². The summed E-state index contributed by atoms with van der Waals surface area (Å²) in [6.45, 7) is 0. The molecule has 0 unspecified atom stereocenters. The summed E-state index contributed by atoms with van der Waals surface area (Å²) in [5.41, 5.74) is 2.33. The number of rotatable bonds is 6. The van der Waals surface area contributed by atoms with Crippen molar-refractivity contribution in [3.05, 3.63) is 65.7 Å². The predicted octanol–water partition coefficient (Wildman–Crippen LogP) is 3.32. The highest BCUT2D eigenvalue weighted by Gasteiger charge is 2.34. The van der Waals surface area contributed by atoms with E-state index < -0.39 is 12.0 Å². The first-order chi connectivity index (χ1) is 12.6. The van der Waals surface area contributed by atoms with Crippen LogP contribution < -0.4 is 0 Å². The second kappa shape index (κ2) is 7.82. The topological polar surface area (TPSA) is 90.2 Å². The zero-order valence-corrected chi connectivity index (χ0v) is 14.2. The first-order valence-electron chi connectivity index (χ1n) is 8.51. The summed E-state index contributed by atoms with van der Waals surface area (Å²) >= 11 is 0. The van der Waals surface area contributed by atoms with E-state index in [2.05, 4.69) is 5.10 Å². The van der Waals surface area contributed by atoms with E-state index in [1.165, 1.54) is 5.01 Å². The van der Waals surface area contributed by atoms with Crippen molar-refractivity contribution in [2.45, 2.75) is 31.7 Å². The molecule has 0 radical (unpaired) electrons. The highest BCUT2D eigenvalue weighted by atomic mass is 16.4. The Balaban J connectivity index is 1.87. The van der Waals surface area contributed by atoms with Gasteiger partial charge in [-0.2, -0.15) is 5.10 Å². The Morgan fingerprint density at radius 1 is 1.04 bits per heavy atom. The number of aliphatic carboxylic acids is 1. The van der Waals surface area contributed by atoms with E-state index in [0.29, 0.717) is 12.0 Å². The third-order valence-electron chi connectivity index (χ3n) is 4.35. The van der Waals surface area contributed by atoms with Crippen molar-refractivity contribution in [3.8, 4) is 5.75 Å². The van der Waals surface area contributed by atoms with Gasteiger partial charge in [-0.05, 0) is 18.1 Å². The number of carbonyl (C=O) groups excluding carboxylic acids is 1. The maximum atomic E-state index is 12.6. The smallest absolute Gasteiger partial charge is 0.303 e. The zero-order chi connectivity index (χ0) is 18.5. The fourth-order valence-corrected chi connectivity index (χ4v) is 3.06. The summed E-state index contributed by atoms with van der Waals surface area (Å²) < 4.78 is 0. The first kappa shape index (κ1) is 17.7. The number of phenolic OH excluding ortho intramolecular Hbond substituents is 1. The summed E-state index contributed by atoms with van der Waals surface area (Å²) in [7, 11) is 0. The van der Waals surface area contributed by atoms with Crippen LogP contribution in [0.1, 0.15) is 42.9 Å². The van der Waals surface area contributed by atoms with Crippen molar-refractivity contribution in [2.75, 3.05) is 0 Å². The van der Waals surface area contributed by atoms with E-state index in [4.69, 9.17) is 5.11 Å². The highest BCUT2D eigenvalue weighted by molar-refractivity contribution is 6.03. The second-order valence-electron chi connectivity index (χ2n) is 6.18. The molecule has 1 aliphatic heterocycles. The molecule has 6 nitrogen and oxygen atoms in total. The molecular formula is C20H20N2O4. The van der Waals surface area contributed by atoms with Gasteiger partial charge in [-0.15, -0.1) is 0 Å². The number of nitrogens with zero attached hydrogens (tertiary/aromatic N) is 2. The minimum atomic E-state index is -0.926. The van der Waals surface area contributed by atoms with E-state index in [0.717, 1.165) is 11.3 Å². The number of hydrogen-bond donors (Lipinski definition) is 2. The number of carboxylic acid groups (broad SMARTS) is 1. The van der Waals surface area contributed by atoms with Crippen LogP contribution >= 0.6 is 0 Å². The highest BCUT2D eigenvalue weighted by Crippen LogP contribution is 2.37. The van der Waals surface area contributed by atoms with Crippen LogP contribution in [0.25, 0.3) is 0 Å². The van der Waals surface area contributed by atoms with Gasteiger partial charge in [-0.3, -0.25) is 9.59 Å². The van der Waals surface area contributed by atoms with Crippen molar-refractivity contribution in [1.82, 2.24) is 5.01 Å². The first-order valence-corrected chi connectivity index (χ1v) is 8.51. The maximum Gasteiger partial charge on any atom is 0.303 e. The Bertz CT molecular complexity index is 833. The number of phenols is 1. The predicted molar refractivity (Wildman–Crippen MR) is 96.8 cm³/mol. The molecule has 0 fully saturated rings. The van der Waals surface area contributed by atoms with Gasteiger partial charge in [0.05, 0.1) is 11.8 Å². The lowest BCUT2D eigenvalue weighted by Gasteiger charge is -2.22. The molecule has 0 aliphatic carbocycles. The van der Waals surface area contributed by atoms with Crippen LogP contribution in [0.5, 0.6) is 5.75 Å². The average molecular weight is 352 g/mol. The number of carboxylic acids is 1. The molecule has 1 atom stereocenters. The molecule has 2 N–H and O–H groups in total. The Labute approximate surface area is 151 Å². The van der Waals surface area contributed by atoms with Crippen molar-refractivity contribution >= 4 is 17.6 Å². The van der Waals surface area contributed by atoms with Gasteiger partial charge in [-0.1, -0.05) is 48.5 Å². The zero-order valence-electron chi connectivity index (χ0n) is 14.2. The molecule has 134 valence electrons. The molecule has 1 heterocycles. The molecular weight excluding hydrogens is 332 g/mol. The molecule has 1 amide bonds. The standard InChI is InChI=1S/C20H20N2O4/c23-18-10-5-4-9-15(18)17-13-16(14-7-2-1-3-8-14)21-22(17)19(24)11-6-12-20(25)26/h1-5,7-10,17,23H,6,11-13H2,(H,25,26)/t17-/m1/s1. The van der Waals surface area contributed by atoms with Gasteiger partial charge in [-0.25, -0.2) is 5.01 Å². The molecule has 0 aromatic heterocycles. The number of benzene rings is 2. The molecule has 2 aromatic carbocycles. The molecule has 3 rings (SSSR count). The summed E-state index contributed by atoms with van der Waals surface area (Å²) in [5, 5.41) is 24.9. The second-order valence-corrected chi connectivity index (χ2v) is 6.18. The molecule has 26 heavy (non-hydrogen) atoms. The van der Waals surface area contributed by atoms with Crippen molar-refractivity contribution in [1.29, 1.82) is 0 Å². The lowest BCUT2D eigenvalue weighted by atomic mass is 9.97. The van der Waals surface area contributed by atoms with E-state index >= 15 is 0 Å². The van der Waals surface area contributed by atoms with Gasteiger partial charge in [0.2, 0.25) is 5.91 Å². The number of carbonyl (C=O) groups is 2. The van der Waals surface area contributed by atoms with E-state index in [-0.39, 0.29) is 30.9 Å². The van der Waals surface area contributed by atoms with Crippen LogP contribution in [-0.4, -0.2) is 32.8 Å². The van der Waals surface area contributed by atoms with Crippen LogP contribution in [0.2, 0.25) is 0 Å². The SMILES string of the molecule is O=C(O)CCCC(=O)N1N=C(c2ccccc2)C[C@@H]1c1ccccc1O. The quantitative estimate of drug-likeness (QED) is 0.834.